The lowest BCUT2D eigenvalue weighted by molar-refractivity contribution is 0.400. The summed E-state index contributed by atoms with van der Waals surface area (Å²) in [5.74, 6) is 0. The van der Waals surface area contributed by atoms with Gasteiger partial charge in [-0.05, 0) is 24.8 Å². The molecule has 10 heavy (non-hydrogen) atoms. The SMILES string of the molecule is CC1C=C(CN)C=CN1C. The van der Waals surface area contributed by atoms with Gasteiger partial charge in [-0.3, -0.25) is 0 Å². The van der Waals surface area contributed by atoms with E-state index >= 15 is 0 Å². The maximum Gasteiger partial charge on any atom is 0.0442 e. The predicted molar refractivity (Wildman–Crippen MR) is 43.5 cm³/mol. The summed E-state index contributed by atoms with van der Waals surface area (Å²) < 4.78 is 0. The van der Waals surface area contributed by atoms with Gasteiger partial charge in [-0.1, -0.05) is 6.08 Å². The van der Waals surface area contributed by atoms with Crippen LogP contribution in [0, 0.1) is 0 Å². The van der Waals surface area contributed by atoms with E-state index in [1.54, 1.807) is 0 Å². The van der Waals surface area contributed by atoms with Crippen molar-refractivity contribution in [3.8, 4) is 0 Å². The van der Waals surface area contributed by atoms with Gasteiger partial charge < -0.3 is 10.6 Å². The summed E-state index contributed by atoms with van der Waals surface area (Å²) in [6.45, 7) is 2.80. The zero-order valence-electron chi connectivity index (χ0n) is 6.54. The smallest absolute Gasteiger partial charge is 0.0442 e. The van der Waals surface area contributed by atoms with E-state index in [1.165, 1.54) is 5.57 Å². The topological polar surface area (TPSA) is 29.3 Å². The highest BCUT2D eigenvalue weighted by atomic mass is 15.1. The molecule has 0 amide bonds. The normalized spacial score (nSPS) is 24.9. The molecule has 1 aliphatic rings. The highest BCUT2D eigenvalue weighted by Gasteiger charge is 2.06. The number of nitrogens with two attached hydrogens (primary N) is 1. The van der Waals surface area contributed by atoms with Gasteiger partial charge in [-0.25, -0.2) is 0 Å². The van der Waals surface area contributed by atoms with Gasteiger partial charge in [0.05, 0.1) is 0 Å². The van der Waals surface area contributed by atoms with Crippen LogP contribution in [0.25, 0.3) is 0 Å². The maximum atomic E-state index is 5.47. The fourth-order valence-electron chi connectivity index (χ4n) is 0.968. The minimum absolute atomic E-state index is 0.489. The van der Waals surface area contributed by atoms with Gasteiger partial charge in [-0.15, -0.1) is 0 Å². The quantitative estimate of drug-likeness (QED) is 0.578. The third-order valence-electron chi connectivity index (χ3n) is 1.86. The van der Waals surface area contributed by atoms with Crippen LogP contribution in [0.1, 0.15) is 6.92 Å². The zero-order valence-corrected chi connectivity index (χ0v) is 6.54. The molecule has 0 aromatic carbocycles. The first kappa shape index (κ1) is 7.35. The van der Waals surface area contributed by atoms with E-state index in [4.69, 9.17) is 5.73 Å². The molecular weight excluding hydrogens is 124 g/mol. The molecule has 1 heterocycles. The Labute approximate surface area is 62.0 Å². The van der Waals surface area contributed by atoms with Crippen LogP contribution in [-0.2, 0) is 0 Å². The van der Waals surface area contributed by atoms with Gasteiger partial charge >= 0.3 is 0 Å². The molecule has 1 atom stereocenters. The molecule has 0 radical (unpaired) electrons. The van der Waals surface area contributed by atoms with Gasteiger partial charge in [0.1, 0.15) is 0 Å². The van der Waals surface area contributed by atoms with Crippen LogP contribution in [0.5, 0.6) is 0 Å². The van der Waals surface area contributed by atoms with Crippen molar-refractivity contribution in [3.05, 3.63) is 23.9 Å². The summed E-state index contributed by atoms with van der Waals surface area (Å²) in [6.07, 6.45) is 6.30. The number of rotatable bonds is 1. The molecule has 0 saturated carbocycles. The minimum atomic E-state index is 0.489. The molecule has 1 rings (SSSR count). The van der Waals surface area contributed by atoms with Gasteiger partial charge in [0, 0.05) is 19.6 Å². The van der Waals surface area contributed by atoms with Crippen molar-refractivity contribution in [2.45, 2.75) is 13.0 Å². The molecule has 0 aliphatic carbocycles. The van der Waals surface area contributed by atoms with Crippen molar-refractivity contribution >= 4 is 0 Å². The van der Waals surface area contributed by atoms with E-state index in [1.807, 2.05) is 0 Å². The lowest BCUT2D eigenvalue weighted by Gasteiger charge is -2.24. The summed E-state index contributed by atoms with van der Waals surface area (Å²) in [6, 6.07) is 0.489. The Morgan fingerprint density at radius 1 is 1.70 bits per heavy atom. The van der Waals surface area contributed by atoms with E-state index < -0.39 is 0 Å². The fraction of sp³-hybridized carbons (Fsp3) is 0.500. The number of likely N-dealkylation sites (N-methyl/N-ethyl adjacent to an activating group) is 1. The molecule has 56 valence electrons. The molecule has 0 aromatic rings. The number of nitrogens with zero attached hydrogens (tertiary/aromatic N) is 1. The standard InChI is InChI=1S/C8H14N2/c1-7-5-8(6-9)3-4-10(7)2/h3-5,7H,6,9H2,1-2H3. The van der Waals surface area contributed by atoms with Crippen molar-refractivity contribution in [1.29, 1.82) is 0 Å². The van der Waals surface area contributed by atoms with Crippen molar-refractivity contribution in [2.75, 3.05) is 13.6 Å². The third kappa shape index (κ3) is 1.39. The largest absolute Gasteiger partial charge is 0.374 e. The lowest BCUT2D eigenvalue weighted by atomic mass is 10.1. The summed E-state index contributed by atoms with van der Waals surface area (Å²) in [4.78, 5) is 2.15. The van der Waals surface area contributed by atoms with E-state index in [0.29, 0.717) is 12.6 Å². The van der Waals surface area contributed by atoms with Gasteiger partial charge in [0.25, 0.3) is 0 Å². The Balaban J connectivity index is 2.66. The van der Waals surface area contributed by atoms with Crippen LogP contribution in [0.3, 0.4) is 0 Å². The monoisotopic (exact) mass is 138 g/mol. The summed E-state index contributed by atoms with van der Waals surface area (Å²) in [5, 5.41) is 0. The van der Waals surface area contributed by atoms with E-state index in [0.717, 1.165) is 0 Å². The van der Waals surface area contributed by atoms with Crippen LogP contribution in [0.2, 0.25) is 0 Å². The van der Waals surface area contributed by atoms with E-state index in [9.17, 15) is 0 Å². The number of hydrogen-bond acceptors (Lipinski definition) is 2. The maximum absolute atomic E-state index is 5.47. The molecule has 0 saturated heterocycles. The van der Waals surface area contributed by atoms with Gasteiger partial charge in [0.15, 0.2) is 0 Å². The van der Waals surface area contributed by atoms with Crippen LogP contribution >= 0.6 is 0 Å². The lowest BCUT2D eigenvalue weighted by Crippen LogP contribution is -2.25. The Morgan fingerprint density at radius 2 is 2.40 bits per heavy atom. The second-order valence-corrected chi connectivity index (χ2v) is 2.67. The summed E-state index contributed by atoms with van der Waals surface area (Å²) in [7, 11) is 2.06. The van der Waals surface area contributed by atoms with Gasteiger partial charge in [0.2, 0.25) is 0 Å². The molecule has 0 aromatic heterocycles. The Kier molecular flexibility index (Phi) is 2.12. The zero-order chi connectivity index (χ0) is 7.56. The van der Waals surface area contributed by atoms with Gasteiger partial charge in [-0.2, -0.15) is 0 Å². The second kappa shape index (κ2) is 2.88. The molecular formula is C8H14N2. The Hall–Kier alpha value is -0.760. The Bertz CT molecular complexity index is 170. The van der Waals surface area contributed by atoms with Crippen molar-refractivity contribution in [2.24, 2.45) is 5.73 Å². The molecule has 1 unspecified atom stereocenters. The summed E-state index contributed by atoms with van der Waals surface area (Å²) in [5.41, 5.74) is 6.70. The predicted octanol–water partition coefficient (Wildman–Crippen LogP) is 0.719. The highest BCUT2D eigenvalue weighted by molar-refractivity contribution is 5.25. The van der Waals surface area contributed by atoms with Crippen LogP contribution in [-0.4, -0.2) is 24.5 Å². The molecule has 2 N–H and O–H groups in total. The average molecular weight is 138 g/mol. The third-order valence-corrected chi connectivity index (χ3v) is 1.86. The molecule has 2 heteroatoms. The fourth-order valence-corrected chi connectivity index (χ4v) is 0.968. The van der Waals surface area contributed by atoms with Crippen molar-refractivity contribution in [1.82, 2.24) is 4.90 Å². The summed E-state index contributed by atoms with van der Waals surface area (Å²) >= 11 is 0. The van der Waals surface area contributed by atoms with E-state index in [-0.39, 0.29) is 0 Å². The van der Waals surface area contributed by atoms with Crippen LogP contribution in [0.4, 0.5) is 0 Å². The minimum Gasteiger partial charge on any atom is -0.374 e. The first-order valence-electron chi connectivity index (χ1n) is 3.55. The first-order chi connectivity index (χ1) is 4.74. The molecule has 0 bridgehead atoms. The van der Waals surface area contributed by atoms with Crippen molar-refractivity contribution in [3.63, 3.8) is 0 Å². The highest BCUT2D eigenvalue weighted by Crippen LogP contribution is 2.09. The van der Waals surface area contributed by atoms with Crippen molar-refractivity contribution < 1.29 is 0 Å². The van der Waals surface area contributed by atoms with Crippen LogP contribution < -0.4 is 5.73 Å². The molecule has 0 spiro atoms. The second-order valence-electron chi connectivity index (χ2n) is 2.67. The van der Waals surface area contributed by atoms with Crippen LogP contribution in [0.15, 0.2) is 23.9 Å². The molecule has 1 aliphatic heterocycles. The van der Waals surface area contributed by atoms with E-state index in [2.05, 4.69) is 37.2 Å². The first-order valence-corrected chi connectivity index (χ1v) is 3.55. The average Bonchev–Trinajstić information content (AvgIpc) is 1.95. The molecule has 0 fully saturated rings. The Morgan fingerprint density at radius 3 is 2.90 bits per heavy atom. The number of hydrogen-bond donors (Lipinski definition) is 1. The molecule has 2 nitrogen and oxygen atoms in total.